The number of amides is 1. The van der Waals surface area contributed by atoms with Crippen molar-refractivity contribution in [3.05, 3.63) is 42.2 Å². The van der Waals surface area contributed by atoms with E-state index < -0.39 is 5.60 Å². The molecule has 0 aliphatic carbocycles. The summed E-state index contributed by atoms with van der Waals surface area (Å²) in [7, 11) is 3.53. The van der Waals surface area contributed by atoms with Crippen LogP contribution in [-0.2, 0) is 18.2 Å². The molecule has 2 aromatic heterocycles. The molecule has 0 spiro atoms. The zero-order chi connectivity index (χ0) is 21.0. The number of hydrogen-bond acceptors (Lipinski definition) is 7. The van der Waals surface area contributed by atoms with E-state index in [1.807, 2.05) is 51.1 Å². The quantitative estimate of drug-likeness (QED) is 0.683. The molecule has 1 amide bonds. The summed E-state index contributed by atoms with van der Waals surface area (Å²) < 4.78 is 7.15. The Morgan fingerprint density at radius 3 is 2.66 bits per heavy atom. The number of nitrogens with one attached hydrogen (secondary N) is 1. The van der Waals surface area contributed by atoms with E-state index in [0.717, 1.165) is 5.56 Å². The minimum Gasteiger partial charge on any atom is -0.444 e. The maximum atomic E-state index is 12.6. The fraction of sp³-hybridized carbons (Fsp3) is 0.450. The molecule has 29 heavy (non-hydrogen) atoms. The van der Waals surface area contributed by atoms with Crippen LogP contribution < -0.4 is 5.32 Å². The van der Waals surface area contributed by atoms with Crippen molar-refractivity contribution in [3.63, 3.8) is 0 Å². The first-order chi connectivity index (χ1) is 13.7. The highest BCUT2D eigenvalue weighted by atomic mass is 16.6. The molecule has 1 atom stereocenters. The molecule has 0 fully saturated rings. The van der Waals surface area contributed by atoms with Crippen LogP contribution in [0.3, 0.4) is 0 Å². The minimum atomic E-state index is -0.561. The second-order valence-corrected chi connectivity index (χ2v) is 7.92. The van der Waals surface area contributed by atoms with Crippen molar-refractivity contribution in [3.8, 4) is 0 Å². The van der Waals surface area contributed by atoms with Gasteiger partial charge in [0.1, 0.15) is 11.9 Å². The number of nitrogens with zero attached hydrogens (tertiary/aromatic N) is 6. The van der Waals surface area contributed by atoms with Crippen LogP contribution in [0.2, 0.25) is 0 Å². The van der Waals surface area contributed by atoms with Gasteiger partial charge in [-0.25, -0.2) is 19.4 Å². The summed E-state index contributed by atoms with van der Waals surface area (Å²) in [5.41, 5.74) is 1.80. The summed E-state index contributed by atoms with van der Waals surface area (Å²) >= 11 is 0. The summed E-state index contributed by atoms with van der Waals surface area (Å²) in [6, 6.07) is 9.87. The van der Waals surface area contributed by atoms with Crippen LogP contribution >= 0.6 is 0 Å². The SMILES string of the molecule is CN(C(=O)OC(C)(C)C)C(CNc1ncnc2c1nnn2C)Cc1ccccc1. The van der Waals surface area contributed by atoms with E-state index >= 15 is 0 Å². The lowest BCUT2D eigenvalue weighted by molar-refractivity contribution is 0.0231. The Morgan fingerprint density at radius 1 is 1.24 bits per heavy atom. The Hall–Kier alpha value is -3.23. The van der Waals surface area contributed by atoms with Crippen LogP contribution in [-0.4, -0.2) is 61.2 Å². The fourth-order valence-corrected chi connectivity index (χ4v) is 2.91. The number of anilines is 1. The molecule has 9 heteroatoms. The normalized spacial score (nSPS) is 12.6. The molecule has 1 unspecified atom stereocenters. The largest absolute Gasteiger partial charge is 0.444 e. The molecule has 154 valence electrons. The van der Waals surface area contributed by atoms with E-state index in [2.05, 4.69) is 25.6 Å². The van der Waals surface area contributed by atoms with Crippen molar-refractivity contribution in [1.82, 2.24) is 29.9 Å². The molecule has 3 rings (SSSR count). The second-order valence-electron chi connectivity index (χ2n) is 7.92. The van der Waals surface area contributed by atoms with E-state index in [4.69, 9.17) is 4.74 Å². The van der Waals surface area contributed by atoms with Gasteiger partial charge in [0.2, 0.25) is 0 Å². The van der Waals surface area contributed by atoms with Gasteiger partial charge < -0.3 is 15.0 Å². The van der Waals surface area contributed by atoms with E-state index in [0.29, 0.717) is 29.9 Å². The second kappa shape index (κ2) is 8.42. The highest BCUT2D eigenvalue weighted by Crippen LogP contribution is 2.17. The molecule has 2 heterocycles. The summed E-state index contributed by atoms with van der Waals surface area (Å²) in [5.74, 6) is 0.582. The lowest BCUT2D eigenvalue weighted by Crippen LogP contribution is -2.45. The number of carbonyl (C=O) groups is 1. The summed E-state index contributed by atoms with van der Waals surface area (Å²) in [5, 5.41) is 11.4. The number of likely N-dealkylation sites (N-methyl/N-ethyl adjacent to an activating group) is 1. The van der Waals surface area contributed by atoms with Gasteiger partial charge in [-0.15, -0.1) is 5.10 Å². The standard InChI is InChI=1S/C20H27N7O2/c1-20(2,3)29-19(28)26(4)15(11-14-9-7-6-8-10-14)12-21-17-16-18(23-13-22-17)27(5)25-24-16/h6-10,13,15H,11-12H2,1-5H3,(H,21,22,23). The van der Waals surface area contributed by atoms with Gasteiger partial charge in [0.25, 0.3) is 0 Å². The molecular weight excluding hydrogens is 370 g/mol. The fourth-order valence-electron chi connectivity index (χ4n) is 2.91. The third kappa shape index (κ3) is 5.18. The van der Waals surface area contributed by atoms with Crippen molar-refractivity contribution in [1.29, 1.82) is 0 Å². The van der Waals surface area contributed by atoms with E-state index in [-0.39, 0.29) is 12.1 Å². The van der Waals surface area contributed by atoms with Crippen molar-refractivity contribution >= 4 is 23.1 Å². The van der Waals surface area contributed by atoms with E-state index in [1.54, 1.807) is 23.7 Å². The Kier molecular flexibility index (Phi) is 5.95. The third-order valence-corrected chi connectivity index (χ3v) is 4.44. The predicted octanol–water partition coefficient (Wildman–Crippen LogP) is 2.65. The molecule has 0 radical (unpaired) electrons. The smallest absolute Gasteiger partial charge is 0.410 e. The minimum absolute atomic E-state index is 0.158. The van der Waals surface area contributed by atoms with Crippen molar-refractivity contribution in [2.24, 2.45) is 7.05 Å². The van der Waals surface area contributed by atoms with Gasteiger partial charge in [0.15, 0.2) is 17.0 Å². The zero-order valence-corrected chi connectivity index (χ0v) is 17.5. The molecule has 0 aliphatic rings. The van der Waals surface area contributed by atoms with Gasteiger partial charge in [-0.05, 0) is 32.8 Å². The maximum Gasteiger partial charge on any atom is 0.410 e. The van der Waals surface area contributed by atoms with Crippen LogP contribution in [0.4, 0.5) is 10.6 Å². The average Bonchev–Trinajstić information content (AvgIpc) is 3.06. The highest BCUT2D eigenvalue weighted by molar-refractivity contribution is 5.81. The van der Waals surface area contributed by atoms with Gasteiger partial charge in [-0.3, -0.25) is 0 Å². The van der Waals surface area contributed by atoms with Gasteiger partial charge in [-0.2, -0.15) is 0 Å². The lowest BCUT2D eigenvalue weighted by Gasteiger charge is -2.31. The van der Waals surface area contributed by atoms with Gasteiger partial charge in [0, 0.05) is 20.6 Å². The summed E-state index contributed by atoms with van der Waals surface area (Å²) in [6.45, 7) is 6.03. The molecular formula is C20H27N7O2. The summed E-state index contributed by atoms with van der Waals surface area (Å²) in [6.07, 6.45) is 1.77. The zero-order valence-electron chi connectivity index (χ0n) is 17.5. The molecule has 0 saturated heterocycles. The first-order valence-electron chi connectivity index (χ1n) is 9.48. The van der Waals surface area contributed by atoms with Crippen LogP contribution in [0.5, 0.6) is 0 Å². The predicted molar refractivity (Wildman–Crippen MR) is 111 cm³/mol. The van der Waals surface area contributed by atoms with E-state index in [9.17, 15) is 4.79 Å². The van der Waals surface area contributed by atoms with Crippen molar-refractivity contribution in [2.45, 2.75) is 38.8 Å². The number of rotatable bonds is 6. The topological polar surface area (TPSA) is 98.1 Å². The Bertz CT molecular complexity index is 966. The van der Waals surface area contributed by atoms with Gasteiger partial charge >= 0.3 is 6.09 Å². The first-order valence-corrected chi connectivity index (χ1v) is 9.48. The average molecular weight is 397 g/mol. The van der Waals surface area contributed by atoms with Crippen molar-refractivity contribution < 1.29 is 9.53 Å². The summed E-state index contributed by atoms with van der Waals surface area (Å²) in [4.78, 5) is 22.8. The molecule has 3 aromatic rings. The number of aryl methyl sites for hydroxylation is 1. The van der Waals surface area contributed by atoms with Gasteiger partial charge in [-0.1, -0.05) is 35.5 Å². The van der Waals surface area contributed by atoms with Crippen LogP contribution in [0.25, 0.3) is 11.2 Å². The van der Waals surface area contributed by atoms with Crippen LogP contribution in [0, 0.1) is 0 Å². The molecule has 1 N–H and O–H groups in total. The van der Waals surface area contributed by atoms with Crippen LogP contribution in [0.15, 0.2) is 36.7 Å². The molecule has 1 aromatic carbocycles. The number of fused-ring (bicyclic) bond motifs is 1. The van der Waals surface area contributed by atoms with Crippen LogP contribution in [0.1, 0.15) is 26.3 Å². The molecule has 9 nitrogen and oxygen atoms in total. The lowest BCUT2D eigenvalue weighted by atomic mass is 10.0. The van der Waals surface area contributed by atoms with Crippen molar-refractivity contribution in [2.75, 3.05) is 18.9 Å². The number of carbonyl (C=O) groups excluding carboxylic acids is 1. The highest BCUT2D eigenvalue weighted by Gasteiger charge is 2.26. The molecule has 0 saturated carbocycles. The first kappa shape index (κ1) is 20.5. The number of hydrogen-bond donors (Lipinski definition) is 1. The number of aromatic nitrogens is 5. The number of benzene rings is 1. The molecule has 0 aliphatic heterocycles. The van der Waals surface area contributed by atoms with Gasteiger partial charge in [0.05, 0.1) is 6.04 Å². The third-order valence-electron chi connectivity index (χ3n) is 4.44. The molecule has 0 bridgehead atoms. The Balaban J connectivity index is 1.79. The Morgan fingerprint density at radius 2 is 1.97 bits per heavy atom. The number of ether oxygens (including phenoxy) is 1. The monoisotopic (exact) mass is 397 g/mol. The maximum absolute atomic E-state index is 12.6. The Labute approximate surface area is 170 Å². The van der Waals surface area contributed by atoms with E-state index in [1.165, 1.54) is 6.33 Å².